The zero-order chi connectivity index (χ0) is 20.8. The fourth-order valence-electron chi connectivity index (χ4n) is 4.09. The quantitative estimate of drug-likeness (QED) is 0.221. The van der Waals surface area contributed by atoms with E-state index in [2.05, 4.69) is 62.2 Å². The predicted octanol–water partition coefficient (Wildman–Crippen LogP) is 4.36. The van der Waals surface area contributed by atoms with E-state index in [0.717, 1.165) is 57.1 Å². The van der Waals surface area contributed by atoms with Crippen LogP contribution in [0.1, 0.15) is 36.6 Å². The smallest absolute Gasteiger partial charge is 0.190 e. The molecule has 1 aliphatic rings. The van der Waals surface area contributed by atoms with Gasteiger partial charge in [-0.25, -0.2) is 4.98 Å². The maximum Gasteiger partial charge on any atom is 0.190 e. The van der Waals surface area contributed by atoms with E-state index in [1.165, 1.54) is 40.0 Å². The van der Waals surface area contributed by atoms with Gasteiger partial charge in [0.1, 0.15) is 0 Å². The number of thiazole rings is 1. The topological polar surface area (TPSA) is 68.3 Å². The first-order valence-electron chi connectivity index (χ1n) is 11.0. The second-order valence-electron chi connectivity index (χ2n) is 7.75. The van der Waals surface area contributed by atoms with Gasteiger partial charge in [-0.15, -0.1) is 35.3 Å². The molecular weight excluding hydrogens is 519 g/mol. The molecular formula is C23H33IN6S. The molecule has 8 heteroatoms. The summed E-state index contributed by atoms with van der Waals surface area (Å²) in [5.74, 6) is 0.846. The van der Waals surface area contributed by atoms with Gasteiger partial charge in [-0.2, -0.15) is 0 Å². The molecule has 4 rings (SSSR count). The number of aliphatic imine (C=N–C) groups is 1. The Morgan fingerprint density at radius 2 is 1.94 bits per heavy atom. The van der Waals surface area contributed by atoms with Crippen LogP contribution in [0.3, 0.4) is 0 Å². The van der Waals surface area contributed by atoms with Crippen LogP contribution in [0.2, 0.25) is 0 Å². The van der Waals surface area contributed by atoms with Crippen LogP contribution >= 0.6 is 35.3 Å². The molecule has 0 amide bonds. The summed E-state index contributed by atoms with van der Waals surface area (Å²) in [5, 5.41) is 11.5. The minimum absolute atomic E-state index is 0. The molecule has 168 valence electrons. The highest BCUT2D eigenvalue weighted by atomic mass is 127. The van der Waals surface area contributed by atoms with Crippen LogP contribution in [0.4, 0.5) is 5.13 Å². The number of anilines is 1. The van der Waals surface area contributed by atoms with Crippen molar-refractivity contribution in [2.24, 2.45) is 4.99 Å². The second kappa shape index (κ2) is 11.7. The number of rotatable bonds is 8. The van der Waals surface area contributed by atoms with Crippen LogP contribution in [0, 0.1) is 0 Å². The van der Waals surface area contributed by atoms with Crippen LogP contribution in [-0.4, -0.2) is 49.2 Å². The Hall–Kier alpha value is -1.81. The number of fused-ring (bicyclic) bond motifs is 1. The average molecular weight is 553 g/mol. The minimum Gasteiger partial charge on any atom is -0.361 e. The van der Waals surface area contributed by atoms with Crippen molar-refractivity contribution in [1.29, 1.82) is 0 Å². The maximum absolute atomic E-state index is 4.79. The summed E-state index contributed by atoms with van der Waals surface area (Å²) in [7, 11) is 1.82. The number of hydrogen-bond acceptors (Lipinski definition) is 4. The third-order valence-electron chi connectivity index (χ3n) is 5.77. The van der Waals surface area contributed by atoms with Crippen molar-refractivity contribution in [3.05, 3.63) is 46.6 Å². The van der Waals surface area contributed by atoms with E-state index in [0.29, 0.717) is 0 Å². The Morgan fingerprint density at radius 3 is 2.68 bits per heavy atom. The zero-order valence-corrected chi connectivity index (χ0v) is 21.6. The Balaban J connectivity index is 0.00000272. The van der Waals surface area contributed by atoms with Crippen molar-refractivity contribution in [3.63, 3.8) is 0 Å². The third-order valence-corrected chi connectivity index (χ3v) is 6.72. The van der Waals surface area contributed by atoms with Gasteiger partial charge < -0.3 is 20.5 Å². The predicted molar refractivity (Wildman–Crippen MR) is 143 cm³/mol. The van der Waals surface area contributed by atoms with Crippen LogP contribution in [0.25, 0.3) is 10.9 Å². The first-order valence-corrected chi connectivity index (χ1v) is 11.9. The van der Waals surface area contributed by atoms with E-state index < -0.39 is 0 Å². The molecule has 3 heterocycles. The van der Waals surface area contributed by atoms with Crippen LogP contribution < -0.4 is 15.5 Å². The summed E-state index contributed by atoms with van der Waals surface area (Å²) in [6.45, 7) is 6.18. The highest BCUT2D eigenvalue weighted by Gasteiger charge is 2.15. The van der Waals surface area contributed by atoms with Gasteiger partial charge in [-0.1, -0.05) is 25.1 Å². The summed E-state index contributed by atoms with van der Waals surface area (Å²) < 4.78 is 0. The number of aromatic amines is 1. The molecule has 0 radical (unpaired) electrons. The molecule has 0 saturated carbocycles. The fraction of sp³-hybridized carbons (Fsp3) is 0.478. The van der Waals surface area contributed by atoms with E-state index in [-0.39, 0.29) is 24.0 Å². The number of para-hydroxylation sites is 1. The van der Waals surface area contributed by atoms with Crippen LogP contribution in [0.15, 0.2) is 34.8 Å². The van der Waals surface area contributed by atoms with E-state index >= 15 is 0 Å². The number of H-pyrrole nitrogens is 1. The zero-order valence-electron chi connectivity index (χ0n) is 18.4. The number of hydrogen-bond donors (Lipinski definition) is 3. The van der Waals surface area contributed by atoms with Crippen LogP contribution in [0.5, 0.6) is 0 Å². The van der Waals surface area contributed by atoms with E-state index in [1.807, 2.05) is 7.05 Å². The maximum atomic E-state index is 4.79. The van der Waals surface area contributed by atoms with Crippen molar-refractivity contribution in [2.75, 3.05) is 38.1 Å². The Morgan fingerprint density at radius 1 is 1.16 bits per heavy atom. The number of nitrogens with one attached hydrogen (secondary N) is 3. The van der Waals surface area contributed by atoms with Crippen molar-refractivity contribution in [3.8, 4) is 0 Å². The molecule has 1 fully saturated rings. The van der Waals surface area contributed by atoms with Gasteiger partial charge in [0.05, 0.1) is 5.69 Å². The second-order valence-corrected chi connectivity index (χ2v) is 8.59. The average Bonchev–Trinajstić information content (AvgIpc) is 3.53. The van der Waals surface area contributed by atoms with Gasteiger partial charge in [0, 0.05) is 62.1 Å². The molecule has 0 bridgehead atoms. The van der Waals surface area contributed by atoms with Gasteiger partial charge >= 0.3 is 0 Å². The van der Waals surface area contributed by atoms with Crippen molar-refractivity contribution in [1.82, 2.24) is 20.6 Å². The van der Waals surface area contributed by atoms with E-state index in [1.54, 1.807) is 11.3 Å². The summed E-state index contributed by atoms with van der Waals surface area (Å²) in [4.78, 5) is 15.0. The van der Waals surface area contributed by atoms with Gasteiger partial charge in [0.25, 0.3) is 0 Å². The molecule has 31 heavy (non-hydrogen) atoms. The molecule has 1 aromatic carbocycles. The lowest BCUT2D eigenvalue weighted by Gasteiger charge is -2.12. The van der Waals surface area contributed by atoms with Gasteiger partial charge in [-0.3, -0.25) is 4.99 Å². The van der Waals surface area contributed by atoms with Crippen molar-refractivity contribution in [2.45, 2.75) is 39.0 Å². The largest absolute Gasteiger partial charge is 0.361 e. The first kappa shape index (κ1) is 23.8. The van der Waals surface area contributed by atoms with Crippen molar-refractivity contribution < 1.29 is 0 Å². The number of aryl methyl sites for hydroxylation is 1. The third kappa shape index (κ3) is 5.91. The standard InChI is InChI=1S/C23H32N6S.HI/c1-3-17-7-6-8-20-18(15-27-21(17)20)9-11-25-22(24-2)26-12-10-19-16-30-23(28-19)29-13-4-5-14-29;/h6-8,15-16,27H,3-5,9-14H2,1-2H3,(H2,24,25,26);1H. The fourth-order valence-corrected chi connectivity index (χ4v) is 5.00. The molecule has 0 atom stereocenters. The summed E-state index contributed by atoms with van der Waals surface area (Å²) in [6.07, 6.45) is 7.63. The normalized spacial score (nSPS) is 14.1. The molecule has 1 aliphatic heterocycles. The number of halogens is 1. The molecule has 1 saturated heterocycles. The molecule has 6 nitrogen and oxygen atoms in total. The highest BCUT2D eigenvalue weighted by Crippen LogP contribution is 2.24. The van der Waals surface area contributed by atoms with Gasteiger partial charge in [0.2, 0.25) is 0 Å². The first-order chi connectivity index (χ1) is 14.8. The molecule has 0 aliphatic carbocycles. The number of benzene rings is 1. The SMILES string of the molecule is CCc1cccc2c(CCNC(=NC)NCCc3csc(N4CCCC4)n3)c[nH]c12.I. The number of aromatic nitrogens is 2. The molecule has 2 aromatic heterocycles. The van der Waals surface area contributed by atoms with E-state index in [4.69, 9.17) is 4.98 Å². The van der Waals surface area contributed by atoms with Gasteiger partial charge in [-0.05, 0) is 36.8 Å². The number of guanidine groups is 1. The molecule has 0 unspecified atom stereocenters. The Kier molecular flexibility index (Phi) is 9.01. The number of nitrogens with zero attached hydrogens (tertiary/aromatic N) is 3. The Bertz CT molecular complexity index is 989. The Labute approximate surface area is 206 Å². The van der Waals surface area contributed by atoms with Crippen molar-refractivity contribution >= 4 is 57.3 Å². The van der Waals surface area contributed by atoms with E-state index in [9.17, 15) is 0 Å². The minimum atomic E-state index is 0. The lowest BCUT2D eigenvalue weighted by atomic mass is 10.1. The molecule has 0 spiro atoms. The monoisotopic (exact) mass is 552 g/mol. The molecule has 3 N–H and O–H groups in total. The summed E-state index contributed by atoms with van der Waals surface area (Å²) in [6, 6.07) is 6.56. The summed E-state index contributed by atoms with van der Waals surface area (Å²) in [5.41, 5.74) is 5.16. The lowest BCUT2D eigenvalue weighted by Crippen LogP contribution is -2.39. The highest BCUT2D eigenvalue weighted by molar-refractivity contribution is 14.0. The molecule has 3 aromatic rings. The summed E-state index contributed by atoms with van der Waals surface area (Å²) >= 11 is 1.77. The van der Waals surface area contributed by atoms with Crippen LogP contribution in [-0.2, 0) is 19.3 Å². The van der Waals surface area contributed by atoms with Gasteiger partial charge in [0.15, 0.2) is 11.1 Å². The lowest BCUT2D eigenvalue weighted by molar-refractivity contribution is 0.778.